The molecule has 4 heteroatoms. The molecule has 0 unspecified atom stereocenters. The number of thioether (sulfide) groups is 1. The molecule has 62 valence electrons. The molecule has 0 saturated carbocycles. The van der Waals surface area contributed by atoms with Crippen molar-refractivity contribution in [2.45, 2.75) is 19.4 Å². The molecule has 0 spiro atoms. The summed E-state index contributed by atoms with van der Waals surface area (Å²) in [6, 6.07) is 0. The van der Waals surface area contributed by atoms with Crippen LogP contribution in [0.25, 0.3) is 0 Å². The van der Waals surface area contributed by atoms with Crippen LogP contribution in [0.4, 0.5) is 0 Å². The number of hydrogen-bond donors (Lipinski definition) is 0. The van der Waals surface area contributed by atoms with Crippen LogP contribution < -0.4 is 0 Å². The first kappa shape index (κ1) is 8.59. The van der Waals surface area contributed by atoms with Gasteiger partial charge < -0.3 is 0 Å². The average molecular weight is 171 g/mol. The highest BCUT2D eigenvalue weighted by Gasteiger charge is 1.90. The van der Waals surface area contributed by atoms with Crippen LogP contribution in [-0.4, -0.2) is 27.0 Å². The van der Waals surface area contributed by atoms with Crippen molar-refractivity contribution in [1.29, 1.82) is 0 Å². The first-order chi connectivity index (χ1) is 5.43. The zero-order valence-electron chi connectivity index (χ0n) is 6.73. The standard InChI is InChI=1S/C7H13N3S/c1-11-7-3-2-6-10-8-4-5-9-10/h4-5H,2-3,6-7H2,1H3. The molecule has 0 atom stereocenters. The van der Waals surface area contributed by atoms with Crippen LogP contribution in [0.2, 0.25) is 0 Å². The Labute approximate surface area is 71.2 Å². The number of aromatic nitrogens is 3. The highest BCUT2D eigenvalue weighted by molar-refractivity contribution is 7.98. The van der Waals surface area contributed by atoms with Gasteiger partial charge in [0.05, 0.1) is 18.9 Å². The second-order valence-corrected chi connectivity index (χ2v) is 3.31. The molecule has 0 saturated heterocycles. The molecule has 0 aliphatic heterocycles. The smallest absolute Gasteiger partial charge is 0.0693 e. The van der Waals surface area contributed by atoms with E-state index in [9.17, 15) is 0 Å². The topological polar surface area (TPSA) is 30.7 Å². The quantitative estimate of drug-likeness (QED) is 0.628. The van der Waals surface area contributed by atoms with Gasteiger partial charge in [-0.15, -0.1) is 0 Å². The third-order valence-corrected chi connectivity index (χ3v) is 2.12. The molecule has 1 rings (SSSR count). The largest absolute Gasteiger partial charge is 0.185 e. The van der Waals surface area contributed by atoms with Gasteiger partial charge >= 0.3 is 0 Å². The Hall–Kier alpha value is -0.510. The zero-order chi connectivity index (χ0) is 7.94. The SMILES string of the molecule is CSCCCCn1nccn1. The van der Waals surface area contributed by atoms with Crippen molar-refractivity contribution in [3.8, 4) is 0 Å². The van der Waals surface area contributed by atoms with Crippen LogP contribution >= 0.6 is 11.8 Å². The fraction of sp³-hybridized carbons (Fsp3) is 0.714. The van der Waals surface area contributed by atoms with E-state index in [1.807, 2.05) is 11.8 Å². The first-order valence-corrected chi connectivity index (χ1v) is 5.16. The van der Waals surface area contributed by atoms with E-state index in [-0.39, 0.29) is 0 Å². The van der Waals surface area contributed by atoms with E-state index in [0.717, 1.165) is 6.54 Å². The number of nitrogens with zero attached hydrogens (tertiary/aromatic N) is 3. The summed E-state index contributed by atoms with van der Waals surface area (Å²) in [5, 5.41) is 8.03. The Morgan fingerprint density at radius 2 is 2.00 bits per heavy atom. The summed E-state index contributed by atoms with van der Waals surface area (Å²) in [7, 11) is 0. The van der Waals surface area contributed by atoms with Gasteiger partial charge in [-0.05, 0) is 24.9 Å². The Morgan fingerprint density at radius 3 is 2.64 bits per heavy atom. The highest BCUT2D eigenvalue weighted by Crippen LogP contribution is 1.99. The van der Waals surface area contributed by atoms with Gasteiger partial charge in [0.1, 0.15) is 0 Å². The van der Waals surface area contributed by atoms with Gasteiger partial charge in [0.2, 0.25) is 0 Å². The second-order valence-electron chi connectivity index (χ2n) is 2.32. The van der Waals surface area contributed by atoms with Gasteiger partial charge in [-0.1, -0.05) is 0 Å². The number of hydrogen-bond acceptors (Lipinski definition) is 3. The lowest BCUT2D eigenvalue weighted by Crippen LogP contribution is -2.01. The molecule has 0 N–H and O–H groups in total. The Kier molecular flexibility index (Phi) is 4.04. The van der Waals surface area contributed by atoms with E-state index in [1.165, 1.54) is 18.6 Å². The van der Waals surface area contributed by atoms with Crippen LogP contribution in [0, 0.1) is 0 Å². The number of unbranched alkanes of at least 4 members (excludes halogenated alkanes) is 1. The monoisotopic (exact) mass is 171 g/mol. The molecule has 0 amide bonds. The molecule has 11 heavy (non-hydrogen) atoms. The molecule has 3 nitrogen and oxygen atoms in total. The number of rotatable bonds is 5. The van der Waals surface area contributed by atoms with Crippen LogP contribution in [0.5, 0.6) is 0 Å². The average Bonchev–Trinajstić information content (AvgIpc) is 2.50. The van der Waals surface area contributed by atoms with Crippen LogP contribution in [0.3, 0.4) is 0 Å². The van der Waals surface area contributed by atoms with E-state index >= 15 is 0 Å². The molecular weight excluding hydrogens is 158 g/mol. The normalized spacial score (nSPS) is 10.3. The van der Waals surface area contributed by atoms with Crippen LogP contribution in [-0.2, 0) is 6.54 Å². The van der Waals surface area contributed by atoms with Gasteiger partial charge in [-0.2, -0.15) is 26.8 Å². The van der Waals surface area contributed by atoms with E-state index in [4.69, 9.17) is 0 Å². The minimum atomic E-state index is 0.952. The summed E-state index contributed by atoms with van der Waals surface area (Å²) >= 11 is 1.89. The molecule has 1 heterocycles. The lowest BCUT2D eigenvalue weighted by atomic mass is 10.3. The lowest BCUT2D eigenvalue weighted by molar-refractivity contribution is 0.509. The van der Waals surface area contributed by atoms with Crippen molar-refractivity contribution in [2.75, 3.05) is 12.0 Å². The molecule has 0 bridgehead atoms. The summed E-state index contributed by atoms with van der Waals surface area (Å²) in [4.78, 5) is 1.74. The van der Waals surface area contributed by atoms with Crippen molar-refractivity contribution in [2.24, 2.45) is 0 Å². The fourth-order valence-corrected chi connectivity index (χ4v) is 1.35. The molecule has 0 aromatic carbocycles. The number of aryl methyl sites for hydroxylation is 1. The van der Waals surface area contributed by atoms with E-state index in [1.54, 1.807) is 17.2 Å². The summed E-state index contributed by atoms with van der Waals surface area (Å²) in [5.41, 5.74) is 0. The first-order valence-electron chi connectivity index (χ1n) is 3.76. The molecule has 0 radical (unpaired) electrons. The molecule has 1 aromatic rings. The Morgan fingerprint density at radius 1 is 1.27 bits per heavy atom. The van der Waals surface area contributed by atoms with Crippen LogP contribution in [0.15, 0.2) is 12.4 Å². The van der Waals surface area contributed by atoms with Crippen LogP contribution in [0.1, 0.15) is 12.8 Å². The summed E-state index contributed by atoms with van der Waals surface area (Å²) in [6.07, 6.45) is 7.99. The Balaban J connectivity index is 2.04. The van der Waals surface area contributed by atoms with Gasteiger partial charge in [-0.3, -0.25) is 0 Å². The molecular formula is C7H13N3S. The predicted octanol–water partition coefficient (Wildman–Crippen LogP) is 1.42. The van der Waals surface area contributed by atoms with Gasteiger partial charge in [0.15, 0.2) is 0 Å². The van der Waals surface area contributed by atoms with E-state index in [0.29, 0.717) is 0 Å². The van der Waals surface area contributed by atoms with Crippen molar-refractivity contribution in [1.82, 2.24) is 15.0 Å². The van der Waals surface area contributed by atoms with E-state index < -0.39 is 0 Å². The maximum atomic E-state index is 4.01. The van der Waals surface area contributed by atoms with E-state index in [2.05, 4.69) is 16.5 Å². The van der Waals surface area contributed by atoms with Crippen molar-refractivity contribution in [3.63, 3.8) is 0 Å². The molecule has 1 aromatic heterocycles. The minimum absolute atomic E-state index is 0.952. The lowest BCUT2D eigenvalue weighted by Gasteiger charge is -1.97. The molecule has 0 fully saturated rings. The maximum absolute atomic E-state index is 4.01. The molecule has 0 aliphatic carbocycles. The minimum Gasteiger partial charge on any atom is -0.185 e. The maximum Gasteiger partial charge on any atom is 0.0693 e. The predicted molar refractivity (Wildman–Crippen MR) is 47.6 cm³/mol. The summed E-state index contributed by atoms with van der Waals surface area (Å²) in [6.45, 7) is 0.952. The third kappa shape index (κ3) is 3.41. The zero-order valence-corrected chi connectivity index (χ0v) is 7.55. The van der Waals surface area contributed by atoms with Crippen molar-refractivity contribution < 1.29 is 0 Å². The van der Waals surface area contributed by atoms with Gasteiger partial charge in [-0.25, -0.2) is 0 Å². The van der Waals surface area contributed by atoms with Gasteiger partial charge in [0.25, 0.3) is 0 Å². The van der Waals surface area contributed by atoms with Crippen molar-refractivity contribution in [3.05, 3.63) is 12.4 Å². The second kappa shape index (κ2) is 5.18. The van der Waals surface area contributed by atoms with Gasteiger partial charge in [0, 0.05) is 0 Å². The van der Waals surface area contributed by atoms with Crippen molar-refractivity contribution >= 4 is 11.8 Å². The summed E-state index contributed by atoms with van der Waals surface area (Å²) < 4.78 is 0. The Bertz CT molecular complexity index is 174. The summed E-state index contributed by atoms with van der Waals surface area (Å²) in [5.74, 6) is 1.24. The molecule has 0 aliphatic rings. The highest BCUT2D eigenvalue weighted by atomic mass is 32.2. The third-order valence-electron chi connectivity index (χ3n) is 1.42. The fourth-order valence-electron chi connectivity index (χ4n) is 0.858.